The minimum atomic E-state index is -4.08. The third kappa shape index (κ3) is 3.62. The highest BCUT2D eigenvalue weighted by molar-refractivity contribution is 5.03. The number of hydrogen-bond donors (Lipinski definition) is 2. The zero-order valence-electron chi connectivity index (χ0n) is 9.98. The molecule has 2 nitrogen and oxygen atoms in total. The molecule has 1 aliphatic carbocycles. The van der Waals surface area contributed by atoms with E-state index in [0.717, 1.165) is 0 Å². The summed E-state index contributed by atoms with van der Waals surface area (Å²) in [6.07, 6.45) is 2.30. The summed E-state index contributed by atoms with van der Waals surface area (Å²) < 4.78 is 37.6. The fourth-order valence-corrected chi connectivity index (χ4v) is 2.41. The van der Waals surface area contributed by atoms with E-state index in [1.165, 1.54) is 0 Å². The number of halogens is 3. The van der Waals surface area contributed by atoms with Crippen LogP contribution >= 0.6 is 0 Å². The summed E-state index contributed by atoms with van der Waals surface area (Å²) in [5, 5.41) is 3.18. The first-order chi connectivity index (χ1) is 7.83. The SMILES string of the molecule is C#CC(C)NC1(CN)CCC(C(F)(F)F)CC1. The van der Waals surface area contributed by atoms with Crippen molar-refractivity contribution in [3.05, 3.63) is 0 Å². The largest absolute Gasteiger partial charge is 0.391 e. The topological polar surface area (TPSA) is 38.0 Å². The van der Waals surface area contributed by atoms with Crippen molar-refractivity contribution in [2.45, 2.75) is 50.4 Å². The van der Waals surface area contributed by atoms with Crippen molar-refractivity contribution in [3.63, 3.8) is 0 Å². The number of nitrogens with one attached hydrogen (secondary N) is 1. The molecule has 1 saturated carbocycles. The van der Waals surface area contributed by atoms with Crippen molar-refractivity contribution in [3.8, 4) is 12.3 Å². The van der Waals surface area contributed by atoms with Crippen LogP contribution in [-0.4, -0.2) is 24.3 Å². The lowest BCUT2D eigenvalue weighted by atomic mass is 9.76. The third-order valence-corrected chi connectivity index (χ3v) is 3.57. The summed E-state index contributed by atoms with van der Waals surface area (Å²) >= 11 is 0. The molecule has 0 saturated heterocycles. The Bertz CT molecular complexity index is 285. The van der Waals surface area contributed by atoms with Crippen molar-refractivity contribution in [1.82, 2.24) is 5.32 Å². The zero-order chi connectivity index (χ0) is 13.1. The lowest BCUT2D eigenvalue weighted by molar-refractivity contribution is -0.185. The van der Waals surface area contributed by atoms with Crippen LogP contribution in [-0.2, 0) is 0 Å². The Morgan fingerprint density at radius 1 is 1.47 bits per heavy atom. The molecule has 1 aliphatic rings. The Kier molecular flexibility index (Phi) is 4.45. The molecule has 1 fully saturated rings. The maximum absolute atomic E-state index is 12.5. The lowest BCUT2D eigenvalue weighted by Crippen LogP contribution is -2.56. The third-order valence-electron chi connectivity index (χ3n) is 3.57. The van der Waals surface area contributed by atoms with Crippen LogP contribution < -0.4 is 11.1 Å². The average molecular weight is 248 g/mol. The Morgan fingerprint density at radius 3 is 2.35 bits per heavy atom. The molecule has 0 aromatic heterocycles. The van der Waals surface area contributed by atoms with Crippen LogP contribution in [0.5, 0.6) is 0 Å². The highest BCUT2D eigenvalue weighted by Crippen LogP contribution is 2.40. The minimum absolute atomic E-state index is 0.130. The Morgan fingerprint density at radius 2 is 2.00 bits per heavy atom. The lowest BCUT2D eigenvalue weighted by Gasteiger charge is -2.41. The smallest absolute Gasteiger partial charge is 0.329 e. The number of rotatable bonds is 3. The highest BCUT2D eigenvalue weighted by Gasteiger charge is 2.45. The highest BCUT2D eigenvalue weighted by atomic mass is 19.4. The standard InChI is InChI=1S/C12H19F3N2/c1-3-9(2)17-11(8-16)6-4-10(5-7-11)12(13,14)15/h1,9-10,17H,4-8,16H2,2H3. The summed E-state index contributed by atoms with van der Waals surface area (Å²) in [5.41, 5.74) is 5.26. The van der Waals surface area contributed by atoms with Gasteiger partial charge < -0.3 is 5.73 Å². The van der Waals surface area contributed by atoms with Gasteiger partial charge >= 0.3 is 6.18 Å². The maximum atomic E-state index is 12.5. The van der Waals surface area contributed by atoms with Gasteiger partial charge in [-0.15, -0.1) is 6.42 Å². The van der Waals surface area contributed by atoms with Gasteiger partial charge in [0.05, 0.1) is 12.0 Å². The van der Waals surface area contributed by atoms with E-state index in [1.54, 1.807) is 0 Å². The zero-order valence-corrected chi connectivity index (χ0v) is 9.98. The van der Waals surface area contributed by atoms with E-state index in [-0.39, 0.29) is 18.9 Å². The number of terminal acetylenes is 1. The molecule has 5 heteroatoms. The van der Waals surface area contributed by atoms with Gasteiger partial charge in [-0.1, -0.05) is 5.92 Å². The second-order valence-electron chi connectivity index (χ2n) is 4.83. The molecular weight excluding hydrogens is 229 g/mol. The fourth-order valence-electron chi connectivity index (χ4n) is 2.41. The molecular formula is C12H19F3N2. The number of hydrogen-bond acceptors (Lipinski definition) is 2. The van der Waals surface area contributed by atoms with Crippen molar-refractivity contribution < 1.29 is 13.2 Å². The van der Waals surface area contributed by atoms with E-state index < -0.39 is 17.6 Å². The van der Waals surface area contributed by atoms with E-state index in [0.29, 0.717) is 19.4 Å². The van der Waals surface area contributed by atoms with Gasteiger partial charge in [-0.2, -0.15) is 13.2 Å². The number of nitrogens with two attached hydrogens (primary N) is 1. The van der Waals surface area contributed by atoms with Gasteiger partial charge in [0.1, 0.15) is 0 Å². The van der Waals surface area contributed by atoms with E-state index in [1.807, 2.05) is 6.92 Å². The summed E-state index contributed by atoms with van der Waals surface area (Å²) in [7, 11) is 0. The van der Waals surface area contributed by atoms with Crippen molar-refractivity contribution >= 4 is 0 Å². The van der Waals surface area contributed by atoms with Crippen LogP contribution in [0.15, 0.2) is 0 Å². The van der Waals surface area contributed by atoms with Crippen molar-refractivity contribution in [2.24, 2.45) is 11.7 Å². The van der Waals surface area contributed by atoms with Gasteiger partial charge in [0, 0.05) is 12.1 Å². The second-order valence-corrected chi connectivity index (χ2v) is 4.83. The van der Waals surface area contributed by atoms with Gasteiger partial charge in [-0.05, 0) is 32.6 Å². The minimum Gasteiger partial charge on any atom is -0.329 e. The summed E-state index contributed by atoms with van der Waals surface area (Å²) in [6, 6.07) is -0.166. The Labute approximate surface area is 100 Å². The normalized spacial score (nSPS) is 31.9. The van der Waals surface area contributed by atoms with Gasteiger partial charge in [-0.25, -0.2) is 0 Å². The van der Waals surface area contributed by atoms with Crippen LogP contribution in [0.4, 0.5) is 13.2 Å². The van der Waals surface area contributed by atoms with Crippen LogP contribution in [0.1, 0.15) is 32.6 Å². The maximum Gasteiger partial charge on any atom is 0.391 e. The monoisotopic (exact) mass is 248 g/mol. The Balaban J connectivity index is 2.61. The molecule has 0 aliphatic heterocycles. The van der Waals surface area contributed by atoms with Crippen molar-refractivity contribution in [2.75, 3.05) is 6.54 Å². The quantitative estimate of drug-likeness (QED) is 0.750. The van der Waals surface area contributed by atoms with E-state index in [4.69, 9.17) is 12.2 Å². The first-order valence-electron chi connectivity index (χ1n) is 5.83. The van der Waals surface area contributed by atoms with Crippen LogP contribution in [0, 0.1) is 18.3 Å². The summed E-state index contributed by atoms with van der Waals surface area (Å²) in [6.45, 7) is 2.14. The number of alkyl halides is 3. The molecule has 0 heterocycles. The molecule has 98 valence electrons. The molecule has 17 heavy (non-hydrogen) atoms. The summed E-state index contributed by atoms with van der Waals surface area (Å²) in [4.78, 5) is 0. The average Bonchev–Trinajstić information content (AvgIpc) is 2.28. The molecule has 3 N–H and O–H groups in total. The van der Waals surface area contributed by atoms with Gasteiger partial charge in [-0.3, -0.25) is 5.32 Å². The summed E-state index contributed by atoms with van der Waals surface area (Å²) in [5.74, 6) is 1.33. The second kappa shape index (κ2) is 5.28. The molecule has 0 radical (unpaired) electrons. The first-order valence-corrected chi connectivity index (χ1v) is 5.83. The van der Waals surface area contributed by atoms with E-state index in [2.05, 4.69) is 11.2 Å². The van der Waals surface area contributed by atoms with Gasteiger partial charge in [0.2, 0.25) is 0 Å². The first kappa shape index (κ1) is 14.3. The van der Waals surface area contributed by atoms with Gasteiger partial charge in [0.25, 0.3) is 0 Å². The van der Waals surface area contributed by atoms with Crippen LogP contribution in [0.2, 0.25) is 0 Å². The molecule has 0 aromatic carbocycles. The van der Waals surface area contributed by atoms with E-state index in [9.17, 15) is 13.2 Å². The molecule has 0 aromatic rings. The molecule has 1 atom stereocenters. The molecule has 0 spiro atoms. The van der Waals surface area contributed by atoms with E-state index >= 15 is 0 Å². The Hall–Kier alpha value is -0.730. The van der Waals surface area contributed by atoms with Gasteiger partial charge in [0.15, 0.2) is 0 Å². The molecule has 0 bridgehead atoms. The van der Waals surface area contributed by atoms with Crippen LogP contribution in [0.25, 0.3) is 0 Å². The van der Waals surface area contributed by atoms with Crippen molar-refractivity contribution in [1.29, 1.82) is 0 Å². The molecule has 1 rings (SSSR count). The molecule has 0 amide bonds. The molecule has 1 unspecified atom stereocenters. The predicted octanol–water partition coefficient (Wildman–Crippen LogP) is 2.05. The fraction of sp³-hybridized carbons (Fsp3) is 0.833. The predicted molar refractivity (Wildman–Crippen MR) is 61.2 cm³/mol. The van der Waals surface area contributed by atoms with Crippen LogP contribution in [0.3, 0.4) is 0 Å².